The molecule has 282 valence electrons. The molecule has 0 radical (unpaired) electrons. The molecule has 20 atom stereocenters. The maximum Gasteiger partial charge on any atom is 0.317 e. The zero-order valence-electron chi connectivity index (χ0n) is 26.4. The van der Waals surface area contributed by atoms with Gasteiger partial charge in [0.15, 0.2) is 6.29 Å². The molecular weight excluding hydrogens is 664 g/mol. The number of aliphatic hydroxyl groups is 11. The summed E-state index contributed by atoms with van der Waals surface area (Å²) in [6.45, 7) is -1.41. The molecule has 0 aromatic carbocycles. The molecule has 2 saturated carbocycles. The molecule has 5 fully saturated rings. The van der Waals surface area contributed by atoms with Crippen molar-refractivity contribution >= 4 is 11.9 Å². The smallest absolute Gasteiger partial charge is 0.317 e. The Morgan fingerprint density at radius 2 is 1.31 bits per heavy atom. The van der Waals surface area contributed by atoms with Crippen molar-refractivity contribution in [2.45, 2.75) is 142 Å². The van der Waals surface area contributed by atoms with Gasteiger partial charge in [0.2, 0.25) is 0 Å². The van der Waals surface area contributed by atoms with E-state index in [1.807, 2.05) is 0 Å². The number of rotatable bonds is 9. The summed E-state index contributed by atoms with van der Waals surface area (Å²) >= 11 is 0. The molecule has 3 aliphatic heterocycles. The Labute approximate surface area is 280 Å². The van der Waals surface area contributed by atoms with E-state index in [9.17, 15) is 65.8 Å². The summed E-state index contributed by atoms with van der Waals surface area (Å²) in [5, 5.41) is 125. The molecule has 3 heterocycles. The summed E-state index contributed by atoms with van der Waals surface area (Å²) in [5.74, 6) is -5.08. The van der Waals surface area contributed by atoms with Crippen LogP contribution in [0.3, 0.4) is 0 Å². The van der Waals surface area contributed by atoms with Crippen LogP contribution in [-0.4, -0.2) is 190 Å². The number of hydrogen-bond acceptors (Lipinski definition) is 18. The van der Waals surface area contributed by atoms with E-state index >= 15 is 0 Å². The quantitative estimate of drug-likeness (QED) is 0.0782. The van der Waals surface area contributed by atoms with E-state index in [1.54, 1.807) is 0 Å². The predicted molar refractivity (Wildman–Crippen MR) is 155 cm³/mol. The standard InChI is InChI=1S/C30H48O19/c31-7-16-21(39)23(41)25(43)29(46-16)20-14(35)5-12(33)10-4-15(27(49-28(10)20)9-1-2-11(32)13(34)3-9)47-30-26(44)24(42)22(40)17(48-30)8-45-19(38)6-18(36)37/h9-17,20-35,39-44H,1-8H2,(H,36,37). The highest BCUT2D eigenvalue weighted by atomic mass is 16.7. The van der Waals surface area contributed by atoms with Crippen LogP contribution in [0.25, 0.3) is 0 Å². The van der Waals surface area contributed by atoms with Gasteiger partial charge in [-0.05, 0) is 31.6 Å². The molecule has 2 aliphatic carbocycles. The van der Waals surface area contributed by atoms with Crippen molar-refractivity contribution < 1.29 is 94.6 Å². The molecule has 0 bridgehead atoms. The number of ether oxygens (including phenoxy) is 5. The molecule has 3 saturated heterocycles. The van der Waals surface area contributed by atoms with Crippen LogP contribution in [0, 0.1) is 17.8 Å². The number of esters is 1. The van der Waals surface area contributed by atoms with Gasteiger partial charge in [-0.1, -0.05) is 0 Å². The molecule has 0 amide bonds. The topological polar surface area (TPSA) is 323 Å². The molecule has 19 heteroatoms. The fourth-order valence-corrected chi connectivity index (χ4v) is 8.01. The Morgan fingerprint density at radius 1 is 0.633 bits per heavy atom. The van der Waals surface area contributed by atoms with Crippen LogP contribution in [0.4, 0.5) is 0 Å². The number of carbonyl (C=O) groups excluding carboxylic acids is 1. The lowest BCUT2D eigenvalue weighted by molar-refractivity contribution is -0.341. The van der Waals surface area contributed by atoms with E-state index in [4.69, 9.17) is 28.8 Å². The number of carbonyl (C=O) groups is 2. The zero-order chi connectivity index (χ0) is 35.9. The third-order valence-corrected chi connectivity index (χ3v) is 10.7. The Morgan fingerprint density at radius 3 is 1.96 bits per heavy atom. The van der Waals surface area contributed by atoms with E-state index in [0.29, 0.717) is 6.42 Å². The van der Waals surface area contributed by atoms with Gasteiger partial charge < -0.3 is 85.0 Å². The van der Waals surface area contributed by atoms with Gasteiger partial charge >= 0.3 is 11.9 Å². The summed E-state index contributed by atoms with van der Waals surface area (Å²) < 4.78 is 29.1. The van der Waals surface area contributed by atoms with Gasteiger partial charge in [-0.15, -0.1) is 0 Å². The monoisotopic (exact) mass is 712 g/mol. The molecule has 5 aliphatic rings. The van der Waals surface area contributed by atoms with Crippen molar-refractivity contribution in [2.75, 3.05) is 13.2 Å². The Hall–Kier alpha value is -1.66. The van der Waals surface area contributed by atoms with Crippen molar-refractivity contribution in [3.63, 3.8) is 0 Å². The summed E-state index contributed by atoms with van der Waals surface area (Å²) in [5.41, 5.74) is 0. The van der Waals surface area contributed by atoms with Crippen LogP contribution in [0.5, 0.6) is 0 Å². The molecule has 49 heavy (non-hydrogen) atoms. The number of carboxylic acids is 1. The lowest BCUT2D eigenvalue weighted by Crippen LogP contribution is -2.68. The lowest BCUT2D eigenvalue weighted by atomic mass is 9.66. The summed E-state index contributed by atoms with van der Waals surface area (Å²) in [6.07, 6.45) is -25.0. The average molecular weight is 713 g/mol. The van der Waals surface area contributed by atoms with Gasteiger partial charge in [0.25, 0.3) is 0 Å². The number of aliphatic carboxylic acids is 1. The average Bonchev–Trinajstić information content (AvgIpc) is 3.05. The minimum absolute atomic E-state index is 0.0243. The maximum atomic E-state index is 11.8. The lowest BCUT2D eigenvalue weighted by Gasteiger charge is -2.56. The van der Waals surface area contributed by atoms with Gasteiger partial charge in [-0.3, -0.25) is 9.59 Å². The van der Waals surface area contributed by atoms with Crippen LogP contribution in [0.15, 0.2) is 0 Å². The Kier molecular flexibility index (Phi) is 12.5. The van der Waals surface area contributed by atoms with E-state index in [0.717, 1.165) is 0 Å². The SMILES string of the molecule is O=C(O)CC(=O)OCC1OC(OC2CC3C(O)CC(O)C(C4OC(CO)C(O)C(O)C4O)C3OC2C2CCC(O)C(O)C2)C(O)C(O)C1O. The molecule has 0 aromatic heterocycles. The van der Waals surface area contributed by atoms with E-state index in [1.165, 1.54) is 0 Å². The largest absolute Gasteiger partial charge is 0.481 e. The van der Waals surface area contributed by atoms with Crippen LogP contribution in [-0.2, 0) is 33.3 Å². The second-order valence-electron chi connectivity index (χ2n) is 13.9. The molecule has 0 spiro atoms. The second kappa shape index (κ2) is 15.9. The molecule has 12 N–H and O–H groups in total. The third-order valence-electron chi connectivity index (χ3n) is 10.7. The summed E-state index contributed by atoms with van der Waals surface area (Å²) in [4.78, 5) is 22.6. The third kappa shape index (κ3) is 8.06. The fraction of sp³-hybridized carbons (Fsp3) is 0.933. The predicted octanol–water partition coefficient (Wildman–Crippen LogP) is -5.92. The van der Waals surface area contributed by atoms with Crippen molar-refractivity contribution in [3.8, 4) is 0 Å². The molecular formula is C30H48O19. The van der Waals surface area contributed by atoms with Crippen LogP contribution in [0.1, 0.15) is 38.5 Å². The van der Waals surface area contributed by atoms with Crippen LogP contribution < -0.4 is 0 Å². The van der Waals surface area contributed by atoms with Crippen molar-refractivity contribution in [1.82, 2.24) is 0 Å². The van der Waals surface area contributed by atoms with E-state index in [2.05, 4.69) is 0 Å². The minimum atomic E-state index is -1.87. The van der Waals surface area contributed by atoms with Crippen molar-refractivity contribution in [1.29, 1.82) is 0 Å². The van der Waals surface area contributed by atoms with Crippen molar-refractivity contribution in [2.24, 2.45) is 17.8 Å². The molecule has 0 aromatic rings. The van der Waals surface area contributed by atoms with Gasteiger partial charge in [-0.2, -0.15) is 0 Å². The summed E-state index contributed by atoms with van der Waals surface area (Å²) in [7, 11) is 0. The molecule has 5 rings (SSSR count). The van der Waals surface area contributed by atoms with Gasteiger partial charge in [0.1, 0.15) is 61.9 Å². The highest BCUT2D eigenvalue weighted by Crippen LogP contribution is 2.47. The first kappa shape index (κ1) is 38.6. The number of fused-ring (bicyclic) bond motifs is 1. The van der Waals surface area contributed by atoms with Gasteiger partial charge in [0, 0.05) is 18.3 Å². The first-order valence-corrected chi connectivity index (χ1v) is 16.5. The molecule has 19 nitrogen and oxygen atoms in total. The fourth-order valence-electron chi connectivity index (χ4n) is 8.01. The first-order chi connectivity index (χ1) is 23.1. The summed E-state index contributed by atoms with van der Waals surface area (Å²) in [6, 6.07) is 0. The van der Waals surface area contributed by atoms with Crippen molar-refractivity contribution in [3.05, 3.63) is 0 Å². The van der Waals surface area contributed by atoms with E-state index in [-0.39, 0.29) is 25.7 Å². The number of aliphatic hydroxyl groups excluding tert-OH is 11. The molecule has 20 unspecified atom stereocenters. The number of carboxylic acid groups (broad SMARTS) is 1. The highest BCUT2D eigenvalue weighted by Gasteiger charge is 2.59. The Balaban J connectivity index is 1.41. The normalized spacial score (nSPS) is 50.7. The van der Waals surface area contributed by atoms with E-state index < -0.39 is 153 Å². The van der Waals surface area contributed by atoms with Crippen LogP contribution >= 0.6 is 0 Å². The zero-order valence-corrected chi connectivity index (χ0v) is 26.4. The minimum Gasteiger partial charge on any atom is -0.481 e. The number of hydrogen-bond donors (Lipinski definition) is 12. The highest BCUT2D eigenvalue weighted by molar-refractivity contribution is 5.90. The Bertz CT molecular complexity index is 1130. The van der Waals surface area contributed by atoms with Gasteiger partial charge in [0.05, 0.1) is 55.4 Å². The maximum absolute atomic E-state index is 11.8. The van der Waals surface area contributed by atoms with Gasteiger partial charge in [-0.25, -0.2) is 0 Å². The second-order valence-corrected chi connectivity index (χ2v) is 13.9. The van der Waals surface area contributed by atoms with Crippen LogP contribution in [0.2, 0.25) is 0 Å². The first-order valence-electron chi connectivity index (χ1n) is 16.5.